The quantitative estimate of drug-likeness (QED) is 0.901. The Bertz CT molecular complexity index is 845. The molecule has 24 heavy (non-hydrogen) atoms. The lowest BCUT2D eigenvalue weighted by atomic mass is 10.2. The molecule has 6 nitrogen and oxygen atoms in total. The predicted molar refractivity (Wildman–Crippen MR) is 94.1 cm³/mol. The van der Waals surface area contributed by atoms with Gasteiger partial charge in [0.05, 0.1) is 12.8 Å². The molecule has 1 N–H and O–H groups in total. The van der Waals surface area contributed by atoms with Crippen LogP contribution in [0.1, 0.15) is 12.5 Å². The van der Waals surface area contributed by atoms with Crippen LogP contribution in [0.25, 0.3) is 0 Å². The second kappa shape index (κ2) is 6.92. The van der Waals surface area contributed by atoms with Crippen LogP contribution < -0.4 is 14.4 Å². The number of nitrogens with zero attached hydrogens (tertiary/aromatic N) is 1. The third-order valence-electron chi connectivity index (χ3n) is 3.51. The van der Waals surface area contributed by atoms with Crippen molar-refractivity contribution in [2.24, 2.45) is 0 Å². The van der Waals surface area contributed by atoms with Gasteiger partial charge in [0.25, 0.3) is 10.0 Å². The number of ether oxygens (including phenoxy) is 1. The van der Waals surface area contributed by atoms with Crippen LogP contribution in [0.3, 0.4) is 0 Å². The van der Waals surface area contributed by atoms with Crippen LogP contribution >= 0.6 is 0 Å². The van der Waals surface area contributed by atoms with Gasteiger partial charge in [0.15, 0.2) is 0 Å². The fraction of sp³-hybridized carbons (Fsp3) is 0.235. The molecule has 0 saturated heterocycles. The van der Waals surface area contributed by atoms with E-state index in [9.17, 15) is 13.2 Å². The third kappa shape index (κ3) is 3.68. The second-order valence-corrected chi connectivity index (χ2v) is 7.29. The van der Waals surface area contributed by atoms with Gasteiger partial charge in [-0.05, 0) is 48.9 Å². The minimum absolute atomic E-state index is 0.110. The van der Waals surface area contributed by atoms with Gasteiger partial charge in [-0.2, -0.15) is 0 Å². The summed E-state index contributed by atoms with van der Waals surface area (Å²) in [7, 11) is -0.859. The number of sulfonamides is 1. The van der Waals surface area contributed by atoms with Gasteiger partial charge in [0, 0.05) is 19.7 Å². The van der Waals surface area contributed by atoms with Gasteiger partial charge >= 0.3 is 0 Å². The van der Waals surface area contributed by atoms with Crippen molar-refractivity contribution < 1.29 is 17.9 Å². The van der Waals surface area contributed by atoms with Crippen molar-refractivity contribution in [3.63, 3.8) is 0 Å². The zero-order valence-electron chi connectivity index (χ0n) is 14.0. The first-order chi connectivity index (χ1) is 11.3. The molecular weight excluding hydrogens is 328 g/mol. The monoisotopic (exact) mass is 348 g/mol. The maximum atomic E-state index is 12.9. The Morgan fingerprint density at radius 1 is 1.12 bits per heavy atom. The molecule has 0 aliphatic rings. The maximum Gasteiger partial charge on any atom is 0.267 e. The molecule has 0 aliphatic carbocycles. The fourth-order valence-electron chi connectivity index (χ4n) is 2.23. The molecule has 7 heteroatoms. The van der Waals surface area contributed by atoms with E-state index in [1.165, 1.54) is 25.4 Å². The maximum absolute atomic E-state index is 12.9. The summed E-state index contributed by atoms with van der Waals surface area (Å²) >= 11 is 0. The van der Waals surface area contributed by atoms with E-state index < -0.39 is 10.0 Å². The van der Waals surface area contributed by atoms with E-state index >= 15 is 0 Å². The first kappa shape index (κ1) is 17.8. The summed E-state index contributed by atoms with van der Waals surface area (Å²) in [6.45, 7) is 3.23. The van der Waals surface area contributed by atoms with E-state index in [4.69, 9.17) is 4.74 Å². The molecule has 0 aliphatic heterocycles. The Kier molecular flexibility index (Phi) is 5.14. The number of hydrogen-bond donors (Lipinski definition) is 1. The molecule has 0 aromatic heterocycles. The van der Waals surface area contributed by atoms with Gasteiger partial charge in [0.1, 0.15) is 10.6 Å². The van der Waals surface area contributed by atoms with Crippen LogP contribution in [-0.2, 0) is 14.8 Å². The number of nitrogens with one attached hydrogen (secondary N) is 1. The molecule has 0 heterocycles. The number of carbonyl (C=O) groups is 1. The number of benzene rings is 2. The van der Waals surface area contributed by atoms with Crippen LogP contribution in [-0.4, -0.2) is 28.5 Å². The van der Waals surface area contributed by atoms with E-state index in [0.717, 1.165) is 5.56 Å². The van der Waals surface area contributed by atoms with Gasteiger partial charge in [-0.25, -0.2) is 8.42 Å². The average molecular weight is 348 g/mol. The number of hydrogen-bond acceptors (Lipinski definition) is 4. The van der Waals surface area contributed by atoms with Gasteiger partial charge in [-0.1, -0.05) is 6.07 Å². The molecule has 0 radical (unpaired) electrons. The molecule has 2 aromatic rings. The largest absolute Gasteiger partial charge is 0.495 e. The summed E-state index contributed by atoms with van der Waals surface area (Å²) in [5.74, 6) is 0.107. The summed E-state index contributed by atoms with van der Waals surface area (Å²) in [5.41, 5.74) is 1.90. The standard InChI is InChI=1S/C17H20N2O4S/c1-12-5-10-16(23-4)17(11-12)24(21,22)19(3)15-8-6-14(7-9-15)18-13(2)20/h5-11H,1-4H3,(H,18,20). The van der Waals surface area contributed by atoms with Gasteiger partial charge in [-0.3, -0.25) is 9.10 Å². The Balaban J connectivity index is 2.39. The minimum atomic E-state index is -3.77. The van der Waals surface area contributed by atoms with Gasteiger partial charge in [-0.15, -0.1) is 0 Å². The molecule has 1 amide bonds. The summed E-state index contributed by atoms with van der Waals surface area (Å²) in [4.78, 5) is 11.2. The van der Waals surface area contributed by atoms with Crippen LogP contribution in [0.4, 0.5) is 11.4 Å². The zero-order chi connectivity index (χ0) is 17.9. The van der Waals surface area contributed by atoms with Crippen molar-refractivity contribution >= 4 is 27.3 Å². The molecule has 0 atom stereocenters. The lowest BCUT2D eigenvalue weighted by Crippen LogP contribution is -2.27. The molecule has 0 fully saturated rings. The van der Waals surface area contributed by atoms with Crippen LogP contribution in [0.15, 0.2) is 47.4 Å². The molecule has 0 spiro atoms. The lowest BCUT2D eigenvalue weighted by molar-refractivity contribution is -0.114. The third-order valence-corrected chi connectivity index (χ3v) is 5.32. The van der Waals surface area contributed by atoms with E-state index in [-0.39, 0.29) is 10.8 Å². The van der Waals surface area contributed by atoms with E-state index in [0.29, 0.717) is 17.1 Å². The Hall–Kier alpha value is -2.54. The zero-order valence-corrected chi connectivity index (χ0v) is 14.8. The topological polar surface area (TPSA) is 75.7 Å². The smallest absolute Gasteiger partial charge is 0.267 e. The molecule has 0 bridgehead atoms. The summed E-state index contributed by atoms with van der Waals surface area (Å²) in [5, 5.41) is 2.64. The van der Waals surface area contributed by atoms with Gasteiger partial charge < -0.3 is 10.1 Å². The summed E-state index contributed by atoms with van der Waals surface area (Å²) < 4.78 is 32.2. The van der Waals surface area contributed by atoms with Crippen molar-refractivity contribution in [2.75, 3.05) is 23.8 Å². The van der Waals surface area contributed by atoms with Crippen molar-refractivity contribution in [3.05, 3.63) is 48.0 Å². The first-order valence-electron chi connectivity index (χ1n) is 7.27. The van der Waals surface area contributed by atoms with Crippen LogP contribution in [0.5, 0.6) is 5.75 Å². The lowest BCUT2D eigenvalue weighted by Gasteiger charge is -2.21. The van der Waals surface area contributed by atoms with Gasteiger partial charge in [0.2, 0.25) is 5.91 Å². The molecule has 2 aromatic carbocycles. The number of anilines is 2. The van der Waals surface area contributed by atoms with E-state index in [1.54, 1.807) is 42.5 Å². The average Bonchev–Trinajstić information content (AvgIpc) is 2.54. The van der Waals surface area contributed by atoms with E-state index in [2.05, 4.69) is 5.32 Å². The molecule has 2 rings (SSSR count). The molecule has 128 valence electrons. The highest BCUT2D eigenvalue weighted by Crippen LogP contribution is 2.30. The van der Waals surface area contributed by atoms with Crippen molar-refractivity contribution in [1.82, 2.24) is 0 Å². The highest BCUT2D eigenvalue weighted by atomic mass is 32.2. The highest BCUT2D eigenvalue weighted by Gasteiger charge is 2.25. The van der Waals surface area contributed by atoms with Crippen molar-refractivity contribution in [2.45, 2.75) is 18.7 Å². The summed E-state index contributed by atoms with van der Waals surface area (Å²) in [6.07, 6.45) is 0. The van der Waals surface area contributed by atoms with Crippen LogP contribution in [0.2, 0.25) is 0 Å². The summed E-state index contributed by atoms with van der Waals surface area (Å²) in [6, 6.07) is 11.6. The normalized spacial score (nSPS) is 11.0. The number of amides is 1. The van der Waals surface area contributed by atoms with Crippen LogP contribution in [0, 0.1) is 6.92 Å². The fourth-order valence-corrected chi connectivity index (χ4v) is 3.66. The molecule has 0 saturated carbocycles. The number of carbonyl (C=O) groups excluding carboxylic acids is 1. The van der Waals surface area contributed by atoms with Crippen molar-refractivity contribution in [1.29, 1.82) is 0 Å². The first-order valence-corrected chi connectivity index (χ1v) is 8.71. The van der Waals surface area contributed by atoms with E-state index in [1.807, 2.05) is 6.92 Å². The number of methoxy groups -OCH3 is 1. The minimum Gasteiger partial charge on any atom is -0.495 e. The number of rotatable bonds is 5. The number of aryl methyl sites for hydroxylation is 1. The Morgan fingerprint density at radius 2 is 1.75 bits per heavy atom. The molecule has 0 unspecified atom stereocenters. The predicted octanol–water partition coefficient (Wildman–Crippen LogP) is 2.79. The Labute approximate surface area is 142 Å². The van der Waals surface area contributed by atoms with Crippen molar-refractivity contribution in [3.8, 4) is 5.75 Å². The highest BCUT2D eigenvalue weighted by molar-refractivity contribution is 7.92. The Morgan fingerprint density at radius 3 is 2.29 bits per heavy atom. The molecular formula is C17H20N2O4S. The second-order valence-electron chi connectivity index (χ2n) is 5.35. The SMILES string of the molecule is COc1ccc(C)cc1S(=O)(=O)N(C)c1ccc(NC(C)=O)cc1.